The number of rotatable bonds is 4. The molecule has 4 heteroatoms. The van der Waals surface area contributed by atoms with Gasteiger partial charge < -0.3 is 10.1 Å². The first-order valence-corrected chi connectivity index (χ1v) is 8.97. The number of hydrogen-bond donors (Lipinski definition) is 1. The van der Waals surface area contributed by atoms with E-state index < -0.39 is 0 Å². The second kappa shape index (κ2) is 6.32. The Labute approximate surface area is 142 Å². The maximum absolute atomic E-state index is 14.4. The summed E-state index contributed by atoms with van der Waals surface area (Å²) in [6.07, 6.45) is 8.00. The number of carbonyl (C=O) groups is 1. The molecule has 0 spiro atoms. The van der Waals surface area contributed by atoms with Gasteiger partial charge in [-0.1, -0.05) is 30.4 Å². The van der Waals surface area contributed by atoms with E-state index in [1.54, 1.807) is 6.07 Å². The van der Waals surface area contributed by atoms with Crippen molar-refractivity contribution in [3.63, 3.8) is 0 Å². The van der Waals surface area contributed by atoms with E-state index in [1.807, 2.05) is 12.1 Å². The van der Waals surface area contributed by atoms with E-state index in [4.69, 9.17) is 4.74 Å². The van der Waals surface area contributed by atoms with Crippen LogP contribution in [0.1, 0.15) is 31.2 Å². The first-order valence-electron chi connectivity index (χ1n) is 8.97. The fourth-order valence-corrected chi connectivity index (χ4v) is 4.66. The molecule has 2 aliphatic carbocycles. The van der Waals surface area contributed by atoms with Gasteiger partial charge in [0.15, 0.2) is 0 Å². The third-order valence-electron chi connectivity index (χ3n) is 6.11. The fourth-order valence-electron chi connectivity index (χ4n) is 4.66. The monoisotopic (exact) mass is 329 g/mol. The molecular formula is C20H24FNO2. The van der Waals surface area contributed by atoms with E-state index in [0.29, 0.717) is 37.2 Å². The Morgan fingerprint density at radius 3 is 2.67 bits per heavy atom. The lowest BCUT2D eigenvalue weighted by Crippen LogP contribution is -2.46. The maximum atomic E-state index is 14.4. The molecule has 0 unspecified atom stereocenters. The van der Waals surface area contributed by atoms with Crippen LogP contribution in [0.4, 0.5) is 4.39 Å². The van der Waals surface area contributed by atoms with E-state index >= 15 is 0 Å². The molecule has 1 amide bonds. The van der Waals surface area contributed by atoms with Crippen molar-refractivity contribution in [2.45, 2.75) is 31.1 Å². The molecule has 2 fully saturated rings. The number of amides is 1. The highest BCUT2D eigenvalue weighted by Gasteiger charge is 2.41. The summed E-state index contributed by atoms with van der Waals surface area (Å²) in [5, 5.41) is 3.15. The highest BCUT2D eigenvalue weighted by molar-refractivity contribution is 5.80. The number of halogens is 1. The zero-order chi connectivity index (χ0) is 16.6. The van der Waals surface area contributed by atoms with Gasteiger partial charge in [-0.15, -0.1) is 0 Å². The summed E-state index contributed by atoms with van der Waals surface area (Å²) in [4.78, 5) is 12.7. The second-order valence-corrected chi connectivity index (χ2v) is 7.48. The largest absolute Gasteiger partial charge is 0.381 e. The summed E-state index contributed by atoms with van der Waals surface area (Å²) in [6.45, 7) is 1.72. The van der Waals surface area contributed by atoms with Crippen LogP contribution in [0.3, 0.4) is 0 Å². The third-order valence-corrected chi connectivity index (χ3v) is 6.11. The molecule has 3 atom stereocenters. The Morgan fingerprint density at radius 2 is 2.00 bits per heavy atom. The van der Waals surface area contributed by atoms with E-state index in [1.165, 1.54) is 6.07 Å². The molecule has 1 aromatic rings. The van der Waals surface area contributed by atoms with Gasteiger partial charge in [-0.2, -0.15) is 0 Å². The van der Waals surface area contributed by atoms with Crippen molar-refractivity contribution in [1.82, 2.24) is 5.32 Å². The van der Waals surface area contributed by atoms with Crippen LogP contribution in [0, 0.1) is 23.6 Å². The van der Waals surface area contributed by atoms with Crippen LogP contribution in [0.25, 0.3) is 0 Å². The Hall–Kier alpha value is -1.68. The highest BCUT2D eigenvalue weighted by Crippen LogP contribution is 2.43. The lowest BCUT2D eigenvalue weighted by atomic mass is 9.73. The molecule has 4 rings (SSSR count). The van der Waals surface area contributed by atoms with E-state index in [9.17, 15) is 9.18 Å². The van der Waals surface area contributed by atoms with Gasteiger partial charge in [0.1, 0.15) is 5.82 Å². The molecule has 0 aromatic heterocycles. The minimum Gasteiger partial charge on any atom is -0.381 e. The van der Waals surface area contributed by atoms with Crippen molar-refractivity contribution in [1.29, 1.82) is 0 Å². The summed E-state index contributed by atoms with van der Waals surface area (Å²) in [6, 6.07) is 6.95. The molecule has 1 N–H and O–H groups in total. The Balaban J connectivity index is 1.50. The summed E-state index contributed by atoms with van der Waals surface area (Å²) < 4.78 is 19.9. The van der Waals surface area contributed by atoms with Gasteiger partial charge >= 0.3 is 0 Å². The van der Waals surface area contributed by atoms with Crippen molar-refractivity contribution in [2.24, 2.45) is 17.8 Å². The number of fused-ring (bicyclic) bond motifs is 2. The predicted molar refractivity (Wildman–Crippen MR) is 90.0 cm³/mol. The smallest absolute Gasteiger partial charge is 0.223 e. The number of carbonyl (C=O) groups excluding carboxylic acids is 1. The minimum atomic E-state index is -0.354. The topological polar surface area (TPSA) is 38.3 Å². The molecule has 1 aliphatic heterocycles. The first kappa shape index (κ1) is 15.8. The van der Waals surface area contributed by atoms with Crippen LogP contribution in [0.15, 0.2) is 36.4 Å². The lowest BCUT2D eigenvalue weighted by molar-refractivity contribution is -0.126. The highest BCUT2D eigenvalue weighted by atomic mass is 19.1. The molecule has 1 heterocycles. The Morgan fingerprint density at radius 1 is 1.21 bits per heavy atom. The Kier molecular flexibility index (Phi) is 4.17. The van der Waals surface area contributed by atoms with Crippen LogP contribution in [-0.4, -0.2) is 25.7 Å². The van der Waals surface area contributed by atoms with Crippen LogP contribution >= 0.6 is 0 Å². The quantitative estimate of drug-likeness (QED) is 0.862. The van der Waals surface area contributed by atoms with E-state index in [0.717, 1.165) is 25.7 Å². The number of benzene rings is 1. The number of allylic oxidation sites excluding steroid dienone is 2. The normalized spacial score (nSPS) is 30.5. The predicted octanol–water partition coefficient (Wildman–Crippen LogP) is 3.20. The van der Waals surface area contributed by atoms with Crippen molar-refractivity contribution in [3.05, 3.63) is 47.8 Å². The number of nitrogens with one attached hydrogen (secondary N) is 1. The minimum absolute atomic E-state index is 0.0949. The molecule has 128 valence electrons. The molecule has 2 bridgehead atoms. The zero-order valence-corrected chi connectivity index (χ0v) is 13.8. The van der Waals surface area contributed by atoms with Crippen LogP contribution in [0.5, 0.6) is 0 Å². The summed E-state index contributed by atoms with van der Waals surface area (Å²) in [5.74, 6) is 1.02. The fraction of sp³-hybridized carbons (Fsp3) is 0.550. The molecule has 24 heavy (non-hydrogen) atoms. The average Bonchev–Trinajstić information content (AvgIpc) is 3.24. The average molecular weight is 329 g/mol. The molecule has 3 aliphatic rings. The van der Waals surface area contributed by atoms with Crippen molar-refractivity contribution in [3.8, 4) is 0 Å². The van der Waals surface area contributed by atoms with Crippen molar-refractivity contribution < 1.29 is 13.9 Å². The van der Waals surface area contributed by atoms with Crippen LogP contribution in [0.2, 0.25) is 0 Å². The summed E-state index contributed by atoms with van der Waals surface area (Å²) in [7, 11) is 0. The summed E-state index contributed by atoms with van der Waals surface area (Å²) >= 11 is 0. The molecule has 3 nitrogen and oxygen atoms in total. The summed E-state index contributed by atoms with van der Waals surface area (Å²) in [5.41, 5.74) is 0.355. The van der Waals surface area contributed by atoms with Gasteiger partial charge in [-0.05, 0) is 49.1 Å². The van der Waals surface area contributed by atoms with Gasteiger partial charge in [0.05, 0.1) is 0 Å². The lowest BCUT2D eigenvalue weighted by Gasteiger charge is -2.38. The number of hydrogen-bond acceptors (Lipinski definition) is 2. The second-order valence-electron chi connectivity index (χ2n) is 7.48. The molecular weight excluding hydrogens is 305 g/mol. The molecule has 1 saturated heterocycles. The van der Waals surface area contributed by atoms with Gasteiger partial charge in [0.25, 0.3) is 0 Å². The van der Waals surface area contributed by atoms with Crippen molar-refractivity contribution >= 4 is 5.91 Å². The maximum Gasteiger partial charge on any atom is 0.223 e. The van der Waals surface area contributed by atoms with Crippen LogP contribution in [-0.2, 0) is 14.9 Å². The first-order chi connectivity index (χ1) is 11.7. The molecule has 0 radical (unpaired) electrons. The number of ether oxygens (including phenoxy) is 1. The standard InChI is InChI=1S/C20H24FNO2/c21-18-4-2-1-3-17(18)20(7-9-24-10-8-20)13-22-19(23)16-12-14-5-6-15(16)11-14/h1-6,14-16H,7-13H2,(H,22,23)/t14-,15+,16-/m1/s1. The van der Waals surface area contributed by atoms with Gasteiger partial charge in [-0.25, -0.2) is 4.39 Å². The van der Waals surface area contributed by atoms with E-state index in [-0.39, 0.29) is 23.1 Å². The van der Waals surface area contributed by atoms with E-state index in [2.05, 4.69) is 17.5 Å². The van der Waals surface area contributed by atoms with Gasteiger partial charge in [0, 0.05) is 31.1 Å². The molecule has 1 aromatic carbocycles. The molecule has 1 saturated carbocycles. The van der Waals surface area contributed by atoms with Gasteiger partial charge in [-0.3, -0.25) is 4.79 Å². The SMILES string of the molecule is O=C(NCC1(c2ccccc2F)CCOCC1)[C@@H]1C[C@@H]2C=C[C@H]1C2. The van der Waals surface area contributed by atoms with Crippen LogP contribution < -0.4 is 5.32 Å². The Bertz CT molecular complexity index is 651. The van der Waals surface area contributed by atoms with Crippen molar-refractivity contribution in [2.75, 3.05) is 19.8 Å². The van der Waals surface area contributed by atoms with Gasteiger partial charge in [0.2, 0.25) is 5.91 Å². The zero-order valence-electron chi connectivity index (χ0n) is 13.8. The third kappa shape index (κ3) is 2.77.